The third kappa shape index (κ3) is 5.97. The van der Waals surface area contributed by atoms with Crippen molar-refractivity contribution in [1.29, 1.82) is 0 Å². The van der Waals surface area contributed by atoms with E-state index in [9.17, 15) is 4.79 Å². The van der Waals surface area contributed by atoms with E-state index in [4.69, 9.17) is 14.1 Å². The largest absolute Gasteiger partial charge is 0.444 e. The summed E-state index contributed by atoms with van der Waals surface area (Å²) in [5.74, 6) is 1.57. The number of carbonyl (C=O) groups excluding carboxylic acids is 1. The van der Waals surface area contributed by atoms with Gasteiger partial charge in [-0.05, 0) is 31.9 Å². The van der Waals surface area contributed by atoms with Crippen molar-refractivity contribution in [2.75, 3.05) is 39.3 Å². The number of guanidine groups is 1. The van der Waals surface area contributed by atoms with E-state index in [-0.39, 0.29) is 36.0 Å². The maximum absolute atomic E-state index is 12.6. The number of amides is 1. The number of rotatable bonds is 5. The summed E-state index contributed by atoms with van der Waals surface area (Å²) in [6, 6.07) is 9.84. The fraction of sp³-hybridized carbons (Fsp3) is 0.500. The van der Waals surface area contributed by atoms with Gasteiger partial charge in [-0.15, -0.1) is 24.0 Å². The molecule has 2 aromatic rings. The lowest BCUT2D eigenvalue weighted by Crippen LogP contribution is -2.55. The van der Waals surface area contributed by atoms with E-state index in [0.717, 1.165) is 49.7 Å². The van der Waals surface area contributed by atoms with Gasteiger partial charge >= 0.3 is 0 Å². The molecule has 1 unspecified atom stereocenters. The number of benzene rings is 1. The van der Waals surface area contributed by atoms with Gasteiger partial charge in [0.2, 0.25) is 5.89 Å². The van der Waals surface area contributed by atoms with Crippen LogP contribution in [-0.4, -0.2) is 72.1 Å². The molecule has 0 radical (unpaired) electrons. The summed E-state index contributed by atoms with van der Waals surface area (Å²) in [6.45, 7) is 6.83. The second-order valence-electron chi connectivity index (χ2n) is 7.49. The SMILES string of the molecule is CCNC(=NCc1coc(-c2ccccc2)n1)N1CCN(C(=O)C2CCCO2)CC1.I. The van der Waals surface area contributed by atoms with Gasteiger partial charge in [-0.1, -0.05) is 18.2 Å². The van der Waals surface area contributed by atoms with Gasteiger partial charge in [0.05, 0.1) is 6.54 Å². The van der Waals surface area contributed by atoms with Crippen molar-refractivity contribution in [2.45, 2.75) is 32.4 Å². The molecule has 1 N–H and O–H groups in total. The molecular formula is C22H30IN5O3. The van der Waals surface area contributed by atoms with Crippen molar-refractivity contribution in [1.82, 2.24) is 20.1 Å². The van der Waals surface area contributed by atoms with Crippen LogP contribution in [0.4, 0.5) is 0 Å². The first-order valence-corrected chi connectivity index (χ1v) is 10.7. The monoisotopic (exact) mass is 539 g/mol. The van der Waals surface area contributed by atoms with Crippen LogP contribution in [0.15, 0.2) is 46.0 Å². The molecule has 1 atom stereocenters. The van der Waals surface area contributed by atoms with Gasteiger partial charge in [0.1, 0.15) is 18.1 Å². The molecule has 0 aliphatic carbocycles. The Bertz CT molecular complexity index is 859. The maximum Gasteiger partial charge on any atom is 0.251 e. The van der Waals surface area contributed by atoms with Gasteiger partial charge in [-0.25, -0.2) is 9.98 Å². The summed E-state index contributed by atoms with van der Waals surface area (Å²) in [7, 11) is 0. The summed E-state index contributed by atoms with van der Waals surface area (Å²) in [5, 5.41) is 3.35. The van der Waals surface area contributed by atoms with Gasteiger partial charge in [0.15, 0.2) is 5.96 Å². The molecule has 0 saturated carbocycles. The van der Waals surface area contributed by atoms with Crippen LogP contribution in [-0.2, 0) is 16.1 Å². The van der Waals surface area contributed by atoms with Crippen molar-refractivity contribution in [3.63, 3.8) is 0 Å². The number of aromatic nitrogens is 1. The summed E-state index contributed by atoms with van der Waals surface area (Å²) in [5.41, 5.74) is 1.74. The minimum Gasteiger partial charge on any atom is -0.444 e. The van der Waals surface area contributed by atoms with Crippen molar-refractivity contribution in [2.24, 2.45) is 4.99 Å². The summed E-state index contributed by atoms with van der Waals surface area (Å²) in [4.78, 5) is 26.0. The predicted molar refractivity (Wildman–Crippen MR) is 129 cm³/mol. The minimum absolute atomic E-state index is 0. The summed E-state index contributed by atoms with van der Waals surface area (Å²) >= 11 is 0. The highest BCUT2D eigenvalue weighted by Gasteiger charge is 2.30. The molecule has 1 aromatic heterocycles. The van der Waals surface area contributed by atoms with Crippen molar-refractivity contribution in [3.8, 4) is 11.5 Å². The van der Waals surface area contributed by atoms with E-state index in [1.54, 1.807) is 6.26 Å². The van der Waals surface area contributed by atoms with Crippen LogP contribution < -0.4 is 5.32 Å². The molecule has 2 aliphatic rings. The molecule has 0 bridgehead atoms. The van der Waals surface area contributed by atoms with Crippen LogP contribution >= 0.6 is 24.0 Å². The normalized spacial score (nSPS) is 19.3. The zero-order valence-electron chi connectivity index (χ0n) is 17.8. The first-order chi connectivity index (χ1) is 14.7. The van der Waals surface area contributed by atoms with Crippen molar-refractivity contribution >= 4 is 35.8 Å². The second kappa shape index (κ2) is 11.5. The van der Waals surface area contributed by atoms with E-state index >= 15 is 0 Å². The van der Waals surface area contributed by atoms with Crippen molar-refractivity contribution < 1.29 is 13.9 Å². The minimum atomic E-state index is -0.246. The van der Waals surface area contributed by atoms with Crippen LogP contribution in [0.3, 0.4) is 0 Å². The Kier molecular flexibility index (Phi) is 8.70. The lowest BCUT2D eigenvalue weighted by Gasteiger charge is -2.37. The smallest absolute Gasteiger partial charge is 0.251 e. The molecule has 2 aliphatic heterocycles. The molecule has 168 valence electrons. The Morgan fingerprint density at radius 2 is 1.94 bits per heavy atom. The Morgan fingerprint density at radius 1 is 1.19 bits per heavy atom. The highest BCUT2D eigenvalue weighted by atomic mass is 127. The highest BCUT2D eigenvalue weighted by molar-refractivity contribution is 14.0. The molecule has 9 heteroatoms. The first-order valence-electron chi connectivity index (χ1n) is 10.7. The van der Waals surface area contributed by atoms with Crippen LogP contribution in [0.25, 0.3) is 11.5 Å². The number of halogens is 1. The predicted octanol–water partition coefficient (Wildman–Crippen LogP) is 2.75. The number of nitrogens with one attached hydrogen (secondary N) is 1. The number of aliphatic imine (C=N–C) groups is 1. The van der Waals surface area contributed by atoms with E-state index in [0.29, 0.717) is 32.1 Å². The molecule has 31 heavy (non-hydrogen) atoms. The zero-order valence-corrected chi connectivity index (χ0v) is 20.2. The Labute approximate surface area is 200 Å². The molecule has 3 heterocycles. The topological polar surface area (TPSA) is 83.2 Å². The number of carbonyl (C=O) groups is 1. The molecule has 1 amide bonds. The summed E-state index contributed by atoms with van der Waals surface area (Å²) < 4.78 is 11.2. The summed E-state index contributed by atoms with van der Waals surface area (Å²) in [6.07, 6.45) is 3.23. The fourth-order valence-electron chi connectivity index (χ4n) is 3.79. The fourth-order valence-corrected chi connectivity index (χ4v) is 3.79. The third-order valence-electron chi connectivity index (χ3n) is 5.39. The zero-order chi connectivity index (χ0) is 20.8. The van der Waals surface area contributed by atoms with Gasteiger partial charge in [-0.2, -0.15) is 0 Å². The van der Waals surface area contributed by atoms with Gasteiger partial charge in [0.25, 0.3) is 5.91 Å². The van der Waals surface area contributed by atoms with Crippen LogP contribution in [0.2, 0.25) is 0 Å². The van der Waals surface area contributed by atoms with E-state index in [2.05, 4.69) is 22.1 Å². The average Bonchev–Trinajstić information content (AvgIpc) is 3.49. The van der Waals surface area contributed by atoms with Gasteiger partial charge < -0.3 is 24.3 Å². The van der Waals surface area contributed by atoms with Gasteiger partial charge in [-0.3, -0.25) is 4.79 Å². The van der Waals surface area contributed by atoms with Gasteiger partial charge in [0, 0.05) is 44.9 Å². The Morgan fingerprint density at radius 3 is 2.61 bits per heavy atom. The molecule has 8 nitrogen and oxygen atoms in total. The molecule has 4 rings (SSSR count). The number of piperazine rings is 1. The molecule has 0 spiro atoms. The Balaban J connectivity index is 0.00000272. The number of ether oxygens (including phenoxy) is 1. The van der Waals surface area contributed by atoms with E-state index in [1.165, 1.54) is 0 Å². The molecular weight excluding hydrogens is 509 g/mol. The quantitative estimate of drug-likeness (QED) is 0.358. The number of hydrogen-bond donors (Lipinski definition) is 1. The van der Waals surface area contributed by atoms with E-state index < -0.39 is 0 Å². The number of oxazole rings is 1. The highest BCUT2D eigenvalue weighted by Crippen LogP contribution is 2.19. The Hall–Kier alpha value is -2.14. The van der Waals surface area contributed by atoms with Crippen LogP contribution in [0.5, 0.6) is 0 Å². The average molecular weight is 539 g/mol. The lowest BCUT2D eigenvalue weighted by atomic mass is 10.2. The maximum atomic E-state index is 12.6. The second-order valence-corrected chi connectivity index (χ2v) is 7.49. The first kappa shape index (κ1) is 23.5. The molecule has 2 fully saturated rings. The molecule has 1 aromatic carbocycles. The molecule has 2 saturated heterocycles. The lowest BCUT2D eigenvalue weighted by molar-refractivity contribution is -0.142. The number of hydrogen-bond acceptors (Lipinski definition) is 5. The van der Waals surface area contributed by atoms with Crippen LogP contribution in [0.1, 0.15) is 25.5 Å². The van der Waals surface area contributed by atoms with Crippen LogP contribution in [0, 0.1) is 0 Å². The third-order valence-corrected chi connectivity index (χ3v) is 5.39. The van der Waals surface area contributed by atoms with E-state index in [1.807, 2.05) is 35.2 Å². The van der Waals surface area contributed by atoms with Crippen molar-refractivity contribution in [3.05, 3.63) is 42.3 Å². The standard InChI is InChI=1S/C22H29N5O3.HI/c1-2-23-22(24-15-18-16-30-20(25-18)17-7-4-3-5-8-17)27-12-10-26(11-13-27)21(28)19-9-6-14-29-19;/h3-5,7-8,16,19H,2,6,9-15H2,1H3,(H,23,24);1H. The number of nitrogens with zero attached hydrogens (tertiary/aromatic N) is 4.